The topological polar surface area (TPSA) is 44.9 Å². The van der Waals surface area contributed by atoms with Crippen LogP contribution in [0.2, 0.25) is 0 Å². The van der Waals surface area contributed by atoms with E-state index in [1.165, 1.54) is 0 Å². The van der Waals surface area contributed by atoms with Gasteiger partial charge < -0.3 is 10.3 Å². The number of amides is 1. The smallest absolute Gasteiger partial charge is 0.252 e. The first-order valence-electron chi connectivity index (χ1n) is 5.92. The van der Waals surface area contributed by atoms with E-state index in [9.17, 15) is 4.79 Å². The van der Waals surface area contributed by atoms with Crippen molar-refractivity contribution in [3.8, 4) is 0 Å². The number of carbonyl (C=O) groups is 1. The van der Waals surface area contributed by atoms with Crippen molar-refractivity contribution in [1.82, 2.24) is 10.3 Å². The van der Waals surface area contributed by atoms with Gasteiger partial charge in [-0.25, -0.2) is 0 Å². The Labute approximate surface area is 101 Å². The van der Waals surface area contributed by atoms with Crippen LogP contribution in [0.4, 0.5) is 0 Å². The fourth-order valence-corrected chi connectivity index (χ4v) is 1.75. The zero-order valence-electron chi connectivity index (χ0n) is 10.5. The maximum atomic E-state index is 12.2. The van der Waals surface area contributed by atoms with Gasteiger partial charge in [0.25, 0.3) is 5.91 Å². The molecule has 0 fully saturated rings. The van der Waals surface area contributed by atoms with Crippen molar-refractivity contribution in [2.45, 2.75) is 32.7 Å². The molecule has 0 bridgehead atoms. The molecule has 2 N–H and O–H groups in total. The van der Waals surface area contributed by atoms with Gasteiger partial charge in [-0.05, 0) is 38.5 Å². The Morgan fingerprint density at radius 3 is 2.82 bits per heavy atom. The lowest BCUT2D eigenvalue weighted by atomic mass is 10.0. The number of hydrogen-bond donors (Lipinski definition) is 2. The Kier molecular flexibility index (Phi) is 2.92. The number of aromatic amines is 1. The first-order chi connectivity index (χ1) is 8.03. The predicted molar refractivity (Wildman–Crippen MR) is 70.1 cm³/mol. The lowest BCUT2D eigenvalue weighted by molar-refractivity contribution is 0.0913. The molecule has 0 aliphatic heterocycles. The van der Waals surface area contributed by atoms with Crippen LogP contribution in [0.3, 0.4) is 0 Å². The Bertz CT molecular complexity index is 540. The van der Waals surface area contributed by atoms with Crippen molar-refractivity contribution < 1.29 is 4.79 Å². The standard InChI is InChI=1S/C14H18N2O/c1-4-14(2,3)16-13(17)11-6-5-7-12-10(11)8-9-15-12/h5-9,15H,4H2,1-3H3,(H,16,17). The molecular weight excluding hydrogens is 212 g/mol. The van der Waals surface area contributed by atoms with Crippen molar-refractivity contribution >= 4 is 16.8 Å². The highest BCUT2D eigenvalue weighted by Gasteiger charge is 2.19. The highest BCUT2D eigenvalue weighted by molar-refractivity contribution is 6.06. The van der Waals surface area contributed by atoms with Crippen molar-refractivity contribution in [2.24, 2.45) is 0 Å². The van der Waals surface area contributed by atoms with E-state index in [1.54, 1.807) is 0 Å². The zero-order chi connectivity index (χ0) is 12.5. The van der Waals surface area contributed by atoms with E-state index in [-0.39, 0.29) is 11.4 Å². The minimum Gasteiger partial charge on any atom is -0.361 e. The Hall–Kier alpha value is -1.77. The molecule has 2 aromatic rings. The largest absolute Gasteiger partial charge is 0.361 e. The fraction of sp³-hybridized carbons (Fsp3) is 0.357. The maximum absolute atomic E-state index is 12.2. The van der Waals surface area contributed by atoms with E-state index in [4.69, 9.17) is 0 Å². The van der Waals surface area contributed by atoms with Crippen LogP contribution in [-0.4, -0.2) is 16.4 Å². The second-order valence-electron chi connectivity index (χ2n) is 4.94. The first kappa shape index (κ1) is 11.7. The molecule has 90 valence electrons. The SMILES string of the molecule is CCC(C)(C)NC(=O)c1cccc2[nH]ccc12. The average molecular weight is 230 g/mol. The molecule has 0 aliphatic carbocycles. The molecule has 1 aromatic heterocycles. The third kappa shape index (κ3) is 2.33. The summed E-state index contributed by atoms with van der Waals surface area (Å²) < 4.78 is 0. The van der Waals surface area contributed by atoms with Crippen molar-refractivity contribution in [2.75, 3.05) is 0 Å². The summed E-state index contributed by atoms with van der Waals surface area (Å²) in [6.45, 7) is 6.13. The summed E-state index contributed by atoms with van der Waals surface area (Å²) in [6, 6.07) is 7.66. The van der Waals surface area contributed by atoms with E-state index < -0.39 is 0 Å². The summed E-state index contributed by atoms with van der Waals surface area (Å²) in [4.78, 5) is 15.3. The normalized spacial score (nSPS) is 11.7. The van der Waals surface area contributed by atoms with Gasteiger partial charge in [-0.1, -0.05) is 13.0 Å². The average Bonchev–Trinajstić information content (AvgIpc) is 2.76. The third-order valence-corrected chi connectivity index (χ3v) is 3.18. The molecular formula is C14H18N2O. The summed E-state index contributed by atoms with van der Waals surface area (Å²) in [5.41, 5.74) is 1.55. The Balaban J connectivity index is 2.34. The van der Waals surface area contributed by atoms with Crippen LogP contribution in [0.1, 0.15) is 37.6 Å². The molecule has 1 amide bonds. The summed E-state index contributed by atoms with van der Waals surface area (Å²) in [5.74, 6) is -0.0120. The Morgan fingerprint density at radius 2 is 2.12 bits per heavy atom. The minimum atomic E-state index is -0.171. The lowest BCUT2D eigenvalue weighted by Crippen LogP contribution is -2.42. The van der Waals surface area contributed by atoms with Crippen LogP contribution < -0.4 is 5.32 Å². The quantitative estimate of drug-likeness (QED) is 0.836. The molecule has 0 spiro atoms. The van der Waals surface area contributed by atoms with E-state index in [0.717, 1.165) is 22.9 Å². The second-order valence-corrected chi connectivity index (χ2v) is 4.94. The number of H-pyrrole nitrogens is 1. The van der Waals surface area contributed by atoms with E-state index >= 15 is 0 Å². The summed E-state index contributed by atoms with van der Waals surface area (Å²) >= 11 is 0. The molecule has 1 aromatic carbocycles. The molecule has 0 unspecified atom stereocenters. The van der Waals surface area contributed by atoms with Gasteiger partial charge in [0.2, 0.25) is 0 Å². The number of aromatic nitrogens is 1. The van der Waals surface area contributed by atoms with Crippen molar-refractivity contribution in [3.63, 3.8) is 0 Å². The number of hydrogen-bond acceptors (Lipinski definition) is 1. The number of fused-ring (bicyclic) bond motifs is 1. The molecule has 0 saturated heterocycles. The summed E-state index contributed by atoms with van der Waals surface area (Å²) in [7, 11) is 0. The molecule has 3 heteroatoms. The fourth-order valence-electron chi connectivity index (χ4n) is 1.75. The van der Waals surface area contributed by atoms with E-state index in [1.807, 2.05) is 44.3 Å². The van der Waals surface area contributed by atoms with Gasteiger partial charge in [0.15, 0.2) is 0 Å². The van der Waals surface area contributed by atoms with E-state index in [0.29, 0.717) is 0 Å². The monoisotopic (exact) mass is 230 g/mol. The third-order valence-electron chi connectivity index (χ3n) is 3.18. The van der Waals surface area contributed by atoms with Crippen molar-refractivity contribution in [1.29, 1.82) is 0 Å². The lowest BCUT2D eigenvalue weighted by Gasteiger charge is -2.24. The molecule has 1 heterocycles. The molecule has 2 rings (SSSR count). The van der Waals surface area contributed by atoms with Crippen LogP contribution >= 0.6 is 0 Å². The summed E-state index contributed by atoms with van der Waals surface area (Å²) in [6.07, 6.45) is 2.76. The predicted octanol–water partition coefficient (Wildman–Crippen LogP) is 3.09. The van der Waals surface area contributed by atoms with Gasteiger partial charge in [0, 0.05) is 28.2 Å². The highest BCUT2D eigenvalue weighted by atomic mass is 16.1. The minimum absolute atomic E-state index is 0.0120. The van der Waals surface area contributed by atoms with E-state index in [2.05, 4.69) is 17.2 Å². The highest BCUT2D eigenvalue weighted by Crippen LogP contribution is 2.18. The van der Waals surface area contributed by atoms with Crippen LogP contribution in [0.15, 0.2) is 30.5 Å². The molecule has 0 atom stereocenters. The van der Waals surface area contributed by atoms with Gasteiger partial charge >= 0.3 is 0 Å². The molecule has 3 nitrogen and oxygen atoms in total. The Morgan fingerprint density at radius 1 is 1.35 bits per heavy atom. The first-order valence-corrected chi connectivity index (χ1v) is 5.92. The van der Waals surface area contributed by atoms with Crippen LogP contribution in [0.25, 0.3) is 10.9 Å². The maximum Gasteiger partial charge on any atom is 0.252 e. The van der Waals surface area contributed by atoms with Gasteiger partial charge in [-0.15, -0.1) is 0 Å². The van der Waals surface area contributed by atoms with Crippen LogP contribution in [0, 0.1) is 0 Å². The molecule has 0 radical (unpaired) electrons. The number of rotatable bonds is 3. The number of nitrogens with one attached hydrogen (secondary N) is 2. The molecule has 17 heavy (non-hydrogen) atoms. The van der Waals surface area contributed by atoms with Crippen LogP contribution in [0.5, 0.6) is 0 Å². The molecule has 0 saturated carbocycles. The molecule has 0 aliphatic rings. The zero-order valence-corrected chi connectivity index (χ0v) is 10.5. The van der Waals surface area contributed by atoms with Gasteiger partial charge in [-0.2, -0.15) is 0 Å². The van der Waals surface area contributed by atoms with Crippen LogP contribution in [-0.2, 0) is 0 Å². The van der Waals surface area contributed by atoms with Gasteiger partial charge in [0.05, 0.1) is 0 Å². The second kappa shape index (κ2) is 4.24. The van der Waals surface area contributed by atoms with Crippen molar-refractivity contribution in [3.05, 3.63) is 36.0 Å². The van der Waals surface area contributed by atoms with Gasteiger partial charge in [-0.3, -0.25) is 4.79 Å². The number of benzene rings is 1. The van der Waals surface area contributed by atoms with Gasteiger partial charge in [0.1, 0.15) is 0 Å². The number of carbonyl (C=O) groups excluding carboxylic acids is 1. The summed E-state index contributed by atoms with van der Waals surface area (Å²) in [5, 5.41) is 4.02.